The van der Waals surface area contributed by atoms with Crippen molar-refractivity contribution in [1.82, 2.24) is 9.78 Å². The van der Waals surface area contributed by atoms with Crippen LogP contribution in [0.1, 0.15) is 48.1 Å². The van der Waals surface area contributed by atoms with Crippen LogP contribution < -0.4 is 10.9 Å². The number of rotatable bonds is 2. The predicted molar refractivity (Wildman–Crippen MR) is 91.8 cm³/mol. The van der Waals surface area contributed by atoms with E-state index in [1.165, 1.54) is 0 Å². The van der Waals surface area contributed by atoms with Gasteiger partial charge in [-0.1, -0.05) is 18.9 Å². The van der Waals surface area contributed by atoms with Crippen LogP contribution in [0.4, 0.5) is 19.0 Å². The smallest absolute Gasteiger partial charge is 0.270 e. The van der Waals surface area contributed by atoms with Gasteiger partial charge in [0, 0.05) is 5.56 Å². The highest BCUT2D eigenvalue weighted by Gasteiger charge is 2.34. The number of hydrogen-bond acceptors (Lipinski definition) is 3. The first kappa shape index (κ1) is 17.3. The molecule has 4 rings (SSSR count). The highest BCUT2D eigenvalue weighted by Crippen LogP contribution is 2.43. The molecule has 26 heavy (non-hydrogen) atoms. The molecule has 1 aromatic carbocycles. The molecule has 1 atom stereocenters. The Labute approximate surface area is 150 Å². The second-order valence-corrected chi connectivity index (χ2v) is 7.61. The summed E-state index contributed by atoms with van der Waals surface area (Å²) in [5, 5.41) is 4.54. The summed E-state index contributed by atoms with van der Waals surface area (Å²) < 4.78 is 43.0. The largest absolute Gasteiger partial charge is 0.310 e. The Kier molecular flexibility index (Phi) is 4.34. The number of hydrogen-bond donors (Lipinski definition) is 2. The molecule has 0 unspecified atom stereocenters. The Balaban J connectivity index is 1.88. The van der Waals surface area contributed by atoms with E-state index in [1.807, 2.05) is 0 Å². The fourth-order valence-corrected chi connectivity index (χ4v) is 4.81. The summed E-state index contributed by atoms with van der Waals surface area (Å²) >= 11 is 1.01. The van der Waals surface area contributed by atoms with E-state index in [0.29, 0.717) is 5.82 Å². The lowest BCUT2D eigenvalue weighted by atomic mass is 10.0. The molecule has 5 nitrogen and oxygen atoms in total. The van der Waals surface area contributed by atoms with Crippen molar-refractivity contribution in [2.75, 3.05) is 11.1 Å². The van der Waals surface area contributed by atoms with E-state index in [4.69, 9.17) is 0 Å². The third-order valence-electron chi connectivity index (χ3n) is 4.90. The number of anilines is 1. The number of H-pyrrole nitrogens is 1. The third-order valence-corrected chi connectivity index (χ3v) is 6.15. The normalized spacial score (nSPS) is 20.7. The lowest BCUT2D eigenvalue weighted by molar-refractivity contribution is -0.113. The molecule has 0 radical (unpaired) electrons. The standard InChI is InChI=1S/C17H16F3N3O2S/c18-10-6-5-9(13(19)14(10)20)15-12-16(21-11(24)7-26-15)23(22-17(12)25)8-3-1-2-4-8/h5-6,8,15H,1-4,7H2,(H,21,24)(H,22,25)/t15-/m0/s1. The van der Waals surface area contributed by atoms with Crippen LogP contribution in [0.15, 0.2) is 16.9 Å². The monoisotopic (exact) mass is 383 g/mol. The van der Waals surface area contributed by atoms with E-state index >= 15 is 0 Å². The van der Waals surface area contributed by atoms with Gasteiger partial charge in [0.05, 0.1) is 22.6 Å². The van der Waals surface area contributed by atoms with Gasteiger partial charge in [-0.2, -0.15) is 0 Å². The molecule has 2 heterocycles. The second-order valence-electron chi connectivity index (χ2n) is 6.52. The van der Waals surface area contributed by atoms with Crippen molar-refractivity contribution in [3.8, 4) is 0 Å². The van der Waals surface area contributed by atoms with Gasteiger partial charge in [0.25, 0.3) is 5.56 Å². The van der Waals surface area contributed by atoms with Gasteiger partial charge in [0.2, 0.25) is 5.91 Å². The van der Waals surface area contributed by atoms with E-state index in [1.54, 1.807) is 4.68 Å². The van der Waals surface area contributed by atoms with Crippen molar-refractivity contribution in [3.05, 3.63) is 51.1 Å². The highest BCUT2D eigenvalue weighted by molar-refractivity contribution is 8.00. The minimum absolute atomic E-state index is 0.0259. The van der Waals surface area contributed by atoms with Gasteiger partial charge < -0.3 is 5.32 Å². The number of nitrogens with zero attached hydrogens (tertiary/aromatic N) is 1. The van der Waals surface area contributed by atoms with Crippen molar-refractivity contribution in [2.24, 2.45) is 0 Å². The summed E-state index contributed by atoms with van der Waals surface area (Å²) in [6.07, 6.45) is 3.77. The fraction of sp³-hybridized carbons (Fsp3) is 0.412. The van der Waals surface area contributed by atoms with Crippen molar-refractivity contribution < 1.29 is 18.0 Å². The SMILES string of the molecule is O=C1CS[C@@H](c2ccc(F)c(F)c2F)c2c(n(C3CCCC3)[nH]c2=O)N1. The van der Waals surface area contributed by atoms with Crippen molar-refractivity contribution in [3.63, 3.8) is 0 Å². The number of carbonyl (C=O) groups is 1. The van der Waals surface area contributed by atoms with Crippen molar-refractivity contribution in [2.45, 2.75) is 37.0 Å². The van der Waals surface area contributed by atoms with Gasteiger partial charge >= 0.3 is 0 Å². The number of benzene rings is 1. The summed E-state index contributed by atoms with van der Waals surface area (Å²) in [5.41, 5.74) is -0.449. The van der Waals surface area contributed by atoms with E-state index in [-0.39, 0.29) is 28.8 Å². The van der Waals surface area contributed by atoms with E-state index < -0.39 is 28.3 Å². The number of thioether (sulfide) groups is 1. The lowest BCUT2D eigenvalue weighted by Crippen LogP contribution is -2.18. The molecular weight excluding hydrogens is 367 g/mol. The molecule has 138 valence electrons. The van der Waals surface area contributed by atoms with Crippen molar-refractivity contribution >= 4 is 23.5 Å². The summed E-state index contributed by atoms with van der Waals surface area (Å²) in [5.74, 6) is -4.27. The Hall–Kier alpha value is -2.16. The zero-order chi connectivity index (χ0) is 18.4. The Morgan fingerprint density at radius 2 is 1.81 bits per heavy atom. The van der Waals surface area contributed by atoms with E-state index in [2.05, 4.69) is 10.4 Å². The Morgan fingerprint density at radius 3 is 2.54 bits per heavy atom. The molecule has 2 aromatic rings. The first-order valence-corrected chi connectivity index (χ1v) is 9.41. The van der Waals surface area contributed by atoms with Gasteiger partial charge in [-0.15, -0.1) is 11.8 Å². The van der Waals surface area contributed by atoms with Gasteiger partial charge in [0.15, 0.2) is 17.5 Å². The Morgan fingerprint density at radius 1 is 1.08 bits per heavy atom. The average molecular weight is 383 g/mol. The molecule has 9 heteroatoms. The molecule has 2 aliphatic rings. The van der Waals surface area contributed by atoms with Gasteiger partial charge in [0.1, 0.15) is 5.82 Å². The van der Waals surface area contributed by atoms with Gasteiger partial charge in [-0.05, 0) is 18.9 Å². The lowest BCUT2D eigenvalue weighted by Gasteiger charge is -2.17. The van der Waals surface area contributed by atoms with Crippen LogP contribution in [-0.4, -0.2) is 21.4 Å². The minimum Gasteiger partial charge on any atom is -0.310 e. The number of aromatic nitrogens is 2. The maximum absolute atomic E-state index is 14.4. The first-order valence-electron chi connectivity index (χ1n) is 8.36. The first-order chi connectivity index (χ1) is 12.5. The van der Waals surface area contributed by atoms with E-state index in [0.717, 1.165) is 49.6 Å². The van der Waals surface area contributed by atoms with E-state index in [9.17, 15) is 22.8 Å². The van der Waals surface area contributed by atoms with Crippen LogP contribution in [0.2, 0.25) is 0 Å². The van der Waals surface area contributed by atoms with Crippen LogP contribution in [0.3, 0.4) is 0 Å². The molecule has 1 aliphatic carbocycles. The Bertz CT molecular complexity index is 934. The van der Waals surface area contributed by atoms with Crippen LogP contribution >= 0.6 is 11.8 Å². The molecular formula is C17H16F3N3O2S. The quantitative estimate of drug-likeness (QED) is 0.781. The van der Waals surface area contributed by atoms with Crippen LogP contribution in [0.5, 0.6) is 0 Å². The van der Waals surface area contributed by atoms with Gasteiger partial charge in [-0.25, -0.2) is 13.2 Å². The molecule has 1 saturated carbocycles. The van der Waals surface area contributed by atoms with Crippen LogP contribution in [-0.2, 0) is 4.79 Å². The number of fused-ring (bicyclic) bond motifs is 1. The number of halogens is 3. The molecule has 0 spiro atoms. The average Bonchev–Trinajstić information content (AvgIpc) is 3.20. The highest BCUT2D eigenvalue weighted by atomic mass is 32.2. The predicted octanol–water partition coefficient (Wildman–Crippen LogP) is 3.48. The zero-order valence-corrected chi connectivity index (χ0v) is 14.5. The number of aromatic amines is 1. The maximum Gasteiger partial charge on any atom is 0.270 e. The van der Waals surface area contributed by atoms with Crippen molar-refractivity contribution in [1.29, 1.82) is 0 Å². The summed E-state index contributed by atoms with van der Waals surface area (Å²) in [4.78, 5) is 24.7. The van der Waals surface area contributed by atoms with Gasteiger partial charge in [-0.3, -0.25) is 19.4 Å². The third kappa shape index (κ3) is 2.74. The fourth-order valence-electron chi connectivity index (χ4n) is 3.67. The molecule has 1 aliphatic heterocycles. The minimum atomic E-state index is -1.58. The molecule has 0 bridgehead atoms. The van der Waals surface area contributed by atoms with Crippen LogP contribution in [0, 0.1) is 17.5 Å². The second kappa shape index (κ2) is 6.53. The molecule has 2 N–H and O–H groups in total. The summed E-state index contributed by atoms with van der Waals surface area (Å²) in [6.45, 7) is 0. The maximum atomic E-state index is 14.4. The van der Waals surface area contributed by atoms with Crippen LogP contribution in [0.25, 0.3) is 0 Å². The molecule has 0 saturated heterocycles. The molecule has 1 amide bonds. The summed E-state index contributed by atoms with van der Waals surface area (Å²) in [7, 11) is 0. The topological polar surface area (TPSA) is 66.9 Å². The number of carbonyl (C=O) groups excluding carboxylic acids is 1. The molecule has 1 aromatic heterocycles. The number of nitrogens with one attached hydrogen (secondary N) is 2. The molecule has 1 fully saturated rings. The zero-order valence-electron chi connectivity index (χ0n) is 13.7. The number of amides is 1. The summed E-state index contributed by atoms with van der Waals surface area (Å²) in [6, 6.07) is 2.00.